The average Bonchev–Trinajstić information content (AvgIpc) is 2.64. The molecule has 4 nitrogen and oxygen atoms in total. The normalized spacial score (nSPS) is 24.6. The van der Waals surface area contributed by atoms with E-state index in [4.69, 9.17) is 22.1 Å². The van der Waals surface area contributed by atoms with Gasteiger partial charge in [-0.05, 0) is 6.92 Å². The molecule has 0 bridgehead atoms. The lowest BCUT2D eigenvalue weighted by molar-refractivity contribution is -0.0403. The minimum atomic E-state index is 0.0719. The summed E-state index contributed by atoms with van der Waals surface area (Å²) in [5.41, 5.74) is 5.84. The molecule has 2 rings (SSSR count). The van der Waals surface area contributed by atoms with Crippen molar-refractivity contribution in [2.24, 2.45) is 5.73 Å². The van der Waals surface area contributed by atoms with E-state index in [-0.39, 0.29) is 12.1 Å². The maximum atomic E-state index is 5.85. The lowest BCUT2D eigenvalue weighted by atomic mass is 10.1. The van der Waals surface area contributed by atoms with Crippen molar-refractivity contribution >= 4 is 22.9 Å². The van der Waals surface area contributed by atoms with Gasteiger partial charge in [0.15, 0.2) is 0 Å². The molecule has 2 unspecified atom stereocenters. The Balaban J connectivity index is 1.90. The number of aromatic nitrogens is 1. The van der Waals surface area contributed by atoms with Crippen LogP contribution >= 0.6 is 22.9 Å². The molecular formula is C10H16ClN3OS. The first-order valence-electron chi connectivity index (χ1n) is 5.35. The molecule has 0 saturated carbocycles. The first-order chi connectivity index (χ1) is 7.65. The zero-order valence-corrected chi connectivity index (χ0v) is 10.8. The summed E-state index contributed by atoms with van der Waals surface area (Å²) in [6.45, 7) is 5.36. The summed E-state index contributed by atoms with van der Waals surface area (Å²) in [5.74, 6) is 0. The molecule has 1 aliphatic heterocycles. The molecule has 2 N–H and O–H groups in total. The van der Waals surface area contributed by atoms with Crippen LogP contribution in [0.15, 0.2) is 6.20 Å². The van der Waals surface area contributed by atoms with Crippen molar-refractivity contribution in [3.8, 4) is 0 Å². The first-order valence-corrected chi connectivity index (χ1v) is 6.54. The lowest BCUT2D eigenvalue weighted by Crippen LogP contribution is -2.49. The minimum absolute atomic E-state index is 0.0719. The first kappa shape index (κ1) is 12.3. The van der Waals surface area contributed by atoms with Gasteiger partial charge in [-0.15, -0.1) is 11.3 Å². The highest BCUT2D eigenvalue weighted by atomic mass is 35.5. The molecule has 0 aromatic carbocycles. The maximum Gasteiger partial charge on any atom is 0.113 e. The zero-order valence-electron chi connectivity index (χ0n) is 9.23. The molecule has 1 saturated heterocycles. The van der Waals surface area contributed by atoms with E-state index in [0.29, 0.717) is 0 Å². The average molecular weight is 262 g/mol. The van der Waals surface area contributed by atoms with Crippen molar-refractivity contribution in [2.45, 2.75) is 25.6 Å². The van der Waals surface area contributed by atoms with E-state index in [2.05, 4.69) is 9.88 Å². The van der Waals surface area contributed by atoms with E-state index in [0.717, 1.165) is 35.6 Å². The monoisotopic (exact) mass is 261 g/mol. The molecule has 2 heterocycles. The van der Waals surface area contributed by atoms with Gasteiger partial charge in [-0.2, -0.15) is 0 Å². The second-order valence-corrected chi connectivity index (χ2v) is 5.81. The molecule has 0 aliphatic carbocycles. The van der Waals surface area contributed by atoms with Gasteiger partial charge in [0.25, 0.3) is 0 Å². The van der Waals surface area contributed by atoms with E-state index >= 15 is 0 Å². The van der Waals surface area contributed by atoms with Crippen LogP contribution in [0.1, 0.15) is 11.9 Å². The fourth-order valence-corrected chi connectivity index (χ4v) is 2.74. The van der Waals surface area contributed by atoms with Crippen LogP contribution in [-0.4, -0.2) is 41.7 Å². The van der Waals surface area contributed by atoms with E-state index in [1.807, 2.05) is 6.92 Å². The fourth-order valence-electron chi connectivity index (χ4n) is 1.75. The summed E-state index contributed by atoms with van der Waals surface area (Å²) in [5, 5.41) is 1.05. The van der Waals surface area contributed by atoms with Crippen LogP contribution in [0.3, 0.4) is 0 Å². The third-order valence-electron chi connectivity index (χ3n) is 2.65. The van der Waals surface area contributed by atoms with Crippen molar-refractivity contribution in [1.82, 2.24) is 9.88 Å². The molecule has 1 aromatic rings. The SMILES string of the molecule is CC(N)C1CN(Cc2ncc(Cl)s2)CCO1. The summed E-state index contributed by atoms with van der Waals surface area (Å²) in [6.07, 6.45) is 1.83. The molecule has 6 heteroatoms. The molecule has 16 heavy (non-hydrogen) atoms. The van der Waals surface area contributed by atoms with Crippen LogP contribution in [0.25, 0.3) is 0 Å². The Hall–Kier alpha value is -0.200. The smallest absolute Gasteiger partial charge is 0.113 e. The highest BCUT2D eigenvalue weighted by Gasteiger charge is 2.23. The Morgan fingerprint density at radius 1 is 1.81 bits per heavy atom. The lowest BCUT2D eigenvalue weighted by Gasteiger charge is -2.34. The number of nitrogens with two attached hydrogens (primary N) is 1. The molecular weight excluding hydrogens is 246 g/mol. The van der Waals surface area contributed by atoms with Gasteiger partial charge in [-0.3, -0.25) is 4.90 Å². The van der Waals surface area contributed by atoms with E-state index in [1.165, 1.54) is 11.3 Å². The molecule has 0 amide bonds. The highest BCUT2D eigenvalue weighted by Crippen LogP contribution is 2.20. The second-order valence-electron chi connectivity index (χ2n) is 4.06. The van der Waals surface area contributed by atoms with E-state index in [1.54, 1.807) is 6.20 Å². The Morgan fingerprint density at radius 3 is 3.25 bits per heavy atom. The van der Waals surface area contributed by atoms with Crippen molar-refractivity contribution in [3.63, 3.8) is 0 Å². The topological polar surface area (TPSA) is 51.4 Å². The van der Waals surface area contributed by atoms with Gasteiger partial charge < -0.3 is 10.5 Å². The third-order valence-corrected chi connectivity index (χ3v) is 3.75. The minimum Gasteiger partial charge on any atom is -0.374 e. The van der Waals surface area contributed by atoms with Crippen LogP contribution in [0.5, 0.6) is 0 Å². The quantitative estimate of drug-likeness (QED) is 0.892. The van der Waals surface area contributed by atoms with Crippen LogP contribution < -0.4 is 5.73 Å². The summed E-state index contributed by atoms with van der Waals surface area (Å²) < 4.78 is 6.35. The molecule has 2 atom stereocenters. The summed E-state index contributed by atoms with van der Waals surface area (Å²) in [4.78, 5) is 6.56. The maximum absolute atomic E-state index is 5.85. The van der Waals surface area contributed by atoms with Gasteiger partial charge in [0.1, 0.15) is 9.34 Å². The number of morpholine rings is 1. The zero-order chi connectivity index (χ0) is 11.5. The number of ether oxygens (including phenoxy) is 1. The van der Waals surface area contributed by atoms with Crippen LogP contribution in [-0.2, 0) is 11.3 Å². The van der Waals surface area contributed by atoms with Crippen LogP contribution in [0.2, 0.25) is 4.34 Å². The van der Waals surface area contributed by atoms with Crippen LogP contribution in [0, 0.1) is 0 Å². The Morgan fingerprint density at radius 2 is 2.62 bits per heavy atom. The molecule has 1 aromatic heterocycles. The van der Waals surface area contributed by atoms with Crippen molar-refractivity contribution in [1.29, 1.82) is 0 Å². The molecule has 0 radical (unpaired) electrons. The van der Waals surface area contributed by atoms with Gasteiger partial charge >= 0.3 is 0 Å². The number of nitrogens with zero attached hydrogens (tertiary/aromatic N) is 2. The fraction of sp³-hybridized carbons (Fsp3) is 0.700. The highest BCUT2D eigenvalue weighted by molar-refractivity contribution is 7.15. The van der Waals surface area contributed by atoms with Gasteiger partial charge in [-0.25, -0.2) is 4.98 Å². The van der Waals surface area contributed by atoms with Gasteiger partial charge in [0.2, 0.25) is 0 Å². The molecule has 1 fully saturated rings. The van der Waals surface area contributed by atoms with Crippen molar-refractivity contribution < 1.29 is 4.74 Å². The molecule has 90 valence electrons. The van der Waals surface area contributed by atoms with Crippen molar-refractivity contribution in [3.05, 3.63) is 15.5 Å². The second kappa shape index (κ2) is 5.42. The Kier molecular flexibility index (Phi) is 4.16. The number of hydrogen-bond donors (Lipinski definition) is 1. The van der Waals surface area contributed by atoms with Crippen LogP contribution in [0.4, 0.5) is 0 Å². The predicted octanol–water partition coefficient (Wildman–Crippen LogP) is 1.34. The van der Waals surface area contributed by atoms with Crippen molar-refractivity contribution in [2.75, 3.05) is 19.7 Å². The predicted molar refractivity (Wildman–Crippen MR) is 65.8 cm³/mol. The van der Waals surface area contributed by atoms with Gasteiger partial charge in [0, 0.05) is 19.1 Å². The number of hydrogen-bond acceptors (Lipinski definition) is 5. The summed E-state index contributed by atoms with van der Waals surface area (Å²) in [6, 6.07) is 0.0719. The van der Waals surface area contributed by atoms with E-state index < -0.39 is 0 Å². The summed E-state index contributed by atoms with van der Waals surface area (Å²) in [7, 11) is 0. The molecule has 0 spiro atoms. The number of thiazole rings is 1. The largest absolute Gasteiger partial charge is 0.374 e. The number of halogens is 1. The Labute approximate surface area is 104 Å². The third kappa shape index (κ3) is 3.15. The van der Waals surface area contributed by atoms with Gasteiger partial charge in [0.05, 0.1) is 25.5 Å². The van der Waals surface area contributed by atoms with Gasteiger partial charge in [-0.1, -0.05) is 11.6 Å². The standard InChI is InChI=1S/C10H16ClN3OS/c1-7(12)8-5-14(2-3-15-8)6-10-13-4-9(11)16-10/h4,7-8H,2-3,5-6,12H2,1H3. The molecule has 1 aliphatic rings. The Bertz CT molecular complexity index is 345. The number of rotatable bonds is 3. The summed E-state index contributed by atoms with van der Waals surface area (Å²) >= 11 is 7.38. The van der Waals surface area contributed by atoms with E-state index in [9.17, 15) is 0 Å².